The molecule has 1 aliphatic rings. The van der Waals surface area contributed by atoms with Crippen molar-refractivity contribution < 1.29 is 17.8 Å². The lowest BCUT2D eigenvalue weighted by Crippen LogP contribution is -2.25. The van der Waals surface area contributed by atoms with Crippen LogP contribution >= 0.6 is 15.9 Å². The van der Waals surface area contributed by atoms with Crippen LogP contribution in [0.5, 0.6) is 0 Å². The van der Waals surface area contributed by atoms with Gasteiger partial charge in [0.25, 0.3) is 10.1 Å². The zero-order valence-electron chi connectivity index (χ0n) is 9.21. The molecule has 0 saturated carbocycles. The van der Waals surface area contributed by atoms with Crippen molar-refractivity contribution >= 4 is 43.3 Å². The molecule has 1 saturated heterocycles. The van der Waals surface area contributed by atoms with E-state index in [2.05, 4.69) is 15.9 Å². The summed E-state index contributed by atoms with van der Waals surface area (Å²) in [5, 5.41) is 0. The van der Waals surface area contributed by atoms with Crippen molar-refractivity contribution in [2.45, 2.75) is 16.1 Å². The first-order valence-corrected chi connectivity index (χ1v) is 7.46. The second kappa shape index (κ2) is 4.52. The lowest BCUT2D eigenvalue weighted by atomic mass is 10.2. The Hall–Kier alpha value is -1.12. The van der Waals surface area contributed by atoms with E-state index in [1.54, 1.807) is 0 Å². The molecule has 2 rings (SSSR count). The van der Waals surface area contributed by atoms with Gasteiger partial charge in [-0.05, 0) is 18.2 Å². The Bertz CT molecular complexity index is 602. The first-order valence-electron chi connectivity index (χ1n) is 5.10. The van der Waals surface area contributed by atoms with Crippen molar-refractivity contribution in [2.75, 3.05) is 17.2 Å². The Balaban J connectivity index is 2.48. The number of benzene rings is 1. The molecule has 8 heteroatoms. The fraction of sp³-hybridized carbons (Fsp3) is 0.300. The van der Waals surface area contributed by atoms with Crippen molar-refractivity contribution in [1.82, 2.24) is 0 Å². The number of amides is 1. The molecule has 1 aliphatic heterocycles. The van der Waals surface area contributed by atoms with Gasteiger partial charge in [0.15, 0.2) is 0 Å². The van der Waals surface area contributed by atoms with Gasteiger partial charge in [0.1, 0.15) is 0 Å². The van der Waals surface area contributed by atoms with Crippen LogP contribution in [0.2, 0.25) is 0 Å². The largest absolute Gasteiger partial charge is 0.397 e. The molecule has 1 fully saturated rings. The zero-order chi connectivity index (χ0) is 13.5. The van der Waals surface area contributed by atoms with E-state index in [0.717, 1.165) is 0 Å². The molecule has 1 aromatic rings. The molecule has 0 bridgehead atoms. The summed E-state index contributed by atoms with van der Waals surface area (Å²) in [5.41, 5.74) is 6.33. The van der Waals surface area contributed by atoms with Crippen LogP contribution in [-0.2, 0) is 14.9 Å². The Morgan fingerprint density at radius 3 is 2.61 bits per heavy atom. The van der Waals surface area contributed by atoms with E-state index in [9.17, 15) is 13.2 Å². The molecule has 0 radical (unpaired) electrons. The number of hydrogen-bond acceptors (Lipinski definition) is 4. The van der Waals surface area contributed by atoms with Crippen LogP contribution in [0.4, 0.5) is 11.4 Å². The third kappa shape index (κ3) is 2.50. The number of nitrogens with two attached hydrogens (primary N) is 1. The van der Waals surface area contributed by atoms with Gasteiger partial charge in [-0.15, -0.1) is 0 Å². The van der Waals surface area contributed by atoms with E-state index in [1.165, 1.54) is 23.1 Å². The van der Waals surface area contributed by atoms with Gasteiger partial charge in [-0.2, -0.15) is 8.42 Å². The van der Waals surface area contributed by atoms with E-state index >= 15 is 0 Å². The second-order valence-corrected chi connectivity index (χ2v) is 6.72. The van der Waals surface area contributed by atoms with Crippen LogP contribution in [0.25, 0.3) is 0 Å². The molecule has 1 atom stereocenters. The molecule has 1 aromatic carbocycles. The summed E-state index contributed by atoms with van der Waals surface area (Å²) in [7, 11) is -4.31. The highest BCUT2D eigenvalue weighted by atomic mass is 79.9. The third-order valence-corrected chi connectivity index (χ3v) is 4.13. The van der Waals surface area contributed by atoms with Gasteiger partial charge in [-0.25, -0.2) is 0 Å². The Morgan fingerprint density at radius 1 is 1.44 bits per heavy atom. The number of halogens is 1. The molecular formula is C10H11BrN2O4S. The van der Waals surface area contributed by atoms with Gasteiger partial charge in [0.05, 0.1) is 16.3 Å². The molecule has 1 unspecified atom stereocenters. The van der Waals surface area contributed by atoms with E-state index in [-0.39, 0.29) is 21.3 Å². The number of hydrogen-bond donors (Lipinski definition) is 2. The molecule has 3 N–H and O–H groups in total. The van der Waals surface area contributed by atoms with Crippen molar-refractivity contribution in [3.63, 3.8) is 0 Å². The number of anilines is 2. The summed E-state index contributed by atoms with van der Waals surface area (Å²) in [4.78, 5) is 12.9. The number of nitrogen functional groups attached to an aromatic ring is 1. The van der Waals surface area contributed by atoms with Gasteiger partial charge >= 0.3 is 0 Å². The molecular weight excluding hydrogens is 324 g/mol. The lowest BCUT2D eigenvalue weighted by molar-refractivity contribution is -0.117. The second-order valence-electron chi connectivity index (χ2n) is 4.00. The summed E-state index contributed by atoms with van der Waals surface area (Å²) >= 11 is 3.33. The number of carbonyl (C=O) groups is 1. The number of nitrogens with zero attached hydrogens (tertiary/aromatic N) is 1. The standard InChI is InChI=1S/C10H11BrN2O4S/c11-6-3-10(14)13(5-6)9-4-7(18(15,16)17)1-2-8(9)12/h1-2,4,6H,3,5,12H2,(H,15,16,17). The summed E-state index contributed by atoms with van der Waals surface area (Å²) in [6, 6.07) is 3.75. The van der Waals surface area contributed by atoms with E-state index < -0.39 is 10.1 Å². The predicted octanol–water partition coefficient (Wildman–Crippen LogP) is 1.02. The molecule has 98 valence electrons. The van der Waals surface area contributed by atoms with E-state index in [4.69, 9.17) is 10.3 Å². The number of carbonyl (C=O) groups excluding carboxylic acids is 1. The van der Waals surface area contributed by atoms with Gasteiger partial charge < -0.3 is 10.6 Å². The lowest BCUT2D eigenvalue weighted by Gasteiger charge is -2.18. The average molecular weight is 335 g/mol. The maximum atomic E-state index is 11.7. The van der Waals surface area contributed by atoms with Gasteiger partial charge in [0.2, 0.25) is 5.91 Å². The van der Waals surface area contributed by atoms with Crippen LogP contribution in [0.15, 0.2) is 23.1 Å². The summed E-state index contributed by atoms with van der Waals surface area (Å²) in [6.07, 6.45) is 0.329. The van der Waals surface area contributed by atoms with Crippen LogP contribution < -0.4 is 10.6 Å². The molecule has 0 aliphatic carbocycles. The minimum absolute atomic E-state index is 0.0128. The first kappa shape index (κ1) is 13.3. The SMILES string of the molecule is Nc1ccc(S(=O)(=O)O)cc1N1CC(Br)CC1=O. The maximum absolute atomic E-state index is 11.7. The number of rotatable bonds is 2. The summed E-state index contributed by atoms with van der Waals surface area (Å²) in [5.74, 6) is -0.143. The van der Waals surface area contributed by atoms with Crippen molar-refractivity contribution in [3.05, 3.63) is 18.2 Å². The topological polar surface area (TPSA) is 101 Å². The quantitative estimate of drug-likeness (QED) is 0.477. The first-order chi connectivity index (χ1) is 8.29. The predicted molar refractivity (Wildman–Crippen MR) is 70.4 cm³/mol. The minimum Gasteiger partial charge on any atom is -0.397 e. The fourth-order valence-electron chi connectivity index (χ4n) is 1.81. The highest BCUT2D eigenvalue weighted by Gasteiger charge is 2.30. The van der Waals surface area contributed by atoms with Crippen LogP contribution in [0, 0.1) is 0 Å². The van der Waals surface area contributed by atoms with Crippen molar-refractivity contribution in [2.24, 2.45) is 0 Å². The highest BCUT2D eigenvalue weighted by molar-refractivity contribution is 9.09. The Kier molecular flexibility index (Phi) is 3.35. The molecule has 1 amide bonds. The minimum atomic E-state index is -4.31. The molecule has 1 heterocycles. The van der Waals surface area contributed by atoms with Crippen molar-refractivity contribution in [3.8, 4) is 0 Å². The average Bonchev–Trinajstić information content (AvgIpc) is 2.56. The Morgan fingerprint density at radius 2 is 2.11 bits per heavy atom. The van der Waals surface area contributed by atoms with Crippen LogP contribution in [-0.4, -0.2) is 30.2 Å². The molecule has 18 heavy (non-hydrogen) atoms. The normalized spacial score (nSPS) is 20.4. The maximum Gasteiger partial charge on any atom is 0.294 e. The smallest absolute Gasteiger partial charge is 0.294 e. The summed E-state index contributed by atoms with van der Waals surface area (Å²) < 4.78 is 31.1. The highest BCUT2D eigenvalue weighted by Crippen LogP contribution is 2.31. The fourth-order valence-corrected chi connectivity index (χ4v) is 2.88. The van der Waals surface area contributed by atoms with Gasteiger partial charge in [0, 0.05) is 17.8 Å². The monoisotopic (exact) mass is 334 g/mol. The summed E-state index contributed by atoms with van der Waals surface area (Å²) in [6.45, 7) is 0.415. The van der Waals surface area contributed by atoms with E-state index in [1.807, 2.05) is 0 Å². The van der Waals surface area contributed by atoms with E-state index in [0.29, 0.717) is 18.7 Å². The molecule has 0 aromatic heterocycles. The van der Waals surface area contributed by atoms with Gasteiger partial charge in [-0.1, -0.05) is 15.9 Å². The van der Waals surface area contributed by atoms with Gasteiger partial charge in [-0.3, -0.25) is 9.35 Å². The molecule has 0 spiro atoms. The van der Waals surface area contributed by atoms with Crippen LogP contribution in [0.1, 0.15) is 6.42 Å². The third-order valence-electron chi connectivity index (χ3n) is 2.67. The molecule has 6 nitrogen and oxygen atoms in total. The zero-order valence-corrected chi connectivity index (χ0v) is 11.6. The Labute approximate surface area is 113 Å². The van der Waals surface area contributed by atoms with Crippen LogP contribution in [0.3, 0.4) is 0 Å². The van der Waals surface area contributed by atoms with Crippen molar-refractivity contribution in [1.29, 1.82) is 0 Å². The number of alkyl halides is 1.